The molecule has 4 heterocycles. The highest BCUT2D eigenvalue weighted by Crippen LogP contribution is 2.33. The third kappa shape index (κ3) is 5.86. The summed E-state index contributed by atoms with van der Waals surface area (Å²) in [5.41, 5.74) is 6.89. The maximum absolute atomic E-state index is 12.5. The molecule has 2 amide bonds. The lowest BCUT2D eigenvalue weighted by atomic mass is 9.91. The van der Waals surface area contributed by atoms with E-state index in [1.807, 2.05) is 0 Å². The summed E-state index contributed by atoms with van der Waals surface area (Å²) in [7, 11) is 0. The molecule has 2 aliphatic carbocycles. The van der Waals surface area contributed by atoms with Crippen LogP contribution in [0.25, 0.3) is 11.2 Å². The minimum atomic E-state index is -1.40. The molecule has 0 spiro atoms. The summed E-state index contributed by atoms with van der Waals surface area (Å²) >= 11 is 0. The van der Waals surface area contributed by atoms with E-state index in [0.717, 1.165) is 44.9 Å². The molecular formula is C27H37N7O7. The van der Waals surface area contributed by atoms with E-state index in [-0.39, 0.29) is 17.6 Å². The van der Waals surface area contributed by atoms with Crippen LogP contribution in [0.1, 0.15) is 69.8 Å². The number of hydrogen-bond acceptors (Lipinski definition) is 11. The third-order valence-electron chi connectivity index (χ3n) is 8.57. The van der Waals surface area contributed by atoms with Crippen molar-refractivity contribution in [2.24, 2.45) is 5.92 Å². The molecule has 14 heteroatoms. The number of nitrogens with two attached hydrogens (primary N) is 1. The number of aryl methyl sites for hydroxylation is 1. The van der Waals surface area contributed by atoms with Crippen molar-refractivity contribution in [3.63, 3.8) is 0 Å². The Balaban J connectivity index is 1.03. The molecule has 2 aliphatic heterocycles. The van der Waals surface area contributed by atoms with Gasteiger partial charge in [-0.15, -0.1) is 0 Å². The van der Waals surface area contributed by atoms with Crippen molar-refractivity contribution in [1.82, 2.24) is 29.7 Å². The normalized spacial score (nSPS) is 28.9. The van der Waals surface area contributed by atoms with Crippen LogP contribution in [-0.2, 0) is 25.5 Å². The molecule has 0 radical (unpaired) electrons. The Morgan fingerprint density at radius 3 is 2.61 bits per heavy atom. The monoisotopic (exact) mass is 571 g/mol. The number of nitrogens with one attached hydrogen (secondary N) is 1. The molecule has 2 saturated heterocycles. The Hall–Kier alpha value is -3.36. The molecule has 2 aromatic heterocycles. The number of nitrogens with zero attached hydrogens (tertiary/aromatic N) is 5. The fraction of sp³-hybridized carbons (Fsp3) is 0.704. The number of ketones is 1. The molecule has 2 unspecified atom stereocenters. The fourth-order valence-corrected chi connectivity index (χ4v) is 5.96. The lowest BCUT2D eigenvalue weighted by Gasteiger charge is -2.32. The largest absolute Gasteiger partial charge is 0.438 e. The molecular weight excluding hydrogens is 534 g/mol. The SMILES string of the molecule is Nc1nc(CCCC2CCN(C(=O)OC3CCCC3=O)CC2)nc2c1ncn2[C@@H]1O[C@H](C(=O)NC2CC2)[C@H](O)C1O. The van der Waals surface area contributed by atoms with E-state index in [1.54, 1.807) is 4.90 Å². The van der Waals surface area contributed by atoms with Crippen molar-refractivity contribution < 1.29 is 34.1 Å². The molecule has 2 aromatic rings. The van der Waals surface area contributed by atoms with Gasteiger partial charge in [0.05, 0.1) is 6.33 Å². The van der Waals surface area contributed by atoms with Gasteiger partial charge in [0.15, 0.2) is 35.7 Å². The van der Waals surface area contributed by atoms with Crippen molar-refractivity contribution in [3.05, 3.63) is 12.2 Å². The standard InChI is InChI=1S/C27H37N7O7/c28-23-19-24(34(13-29-19)26-21(37)20(36)22(41-26)25(38)30-15-7-8-15)32-18(31-23)6-1-3-14-9-11-33(12-10-14)27(39)40-17-5-2-4-16(17)35/h13-15,17,20-22,26,36-37H,1-12H2,(H,30,38)(H2,28,31,32)/t17?,20-,21?,22+,26-/m1/s1. The Labute approximate surface area is 236 Å². The molecule has 41 heavy (non-hydrogen) atoms. The van der Waals surface area contributed by atoms with Gasteiger partial charge >= 0.3 is 6.09 Å². The van der Waals surface area contributed by atoms with Crippen LogP contribution in [0.2, 0.25) is 0 Å². The van der Waals surface area contributed by atoms with Crippen molar-refractivity contribution in [3.8, 4) is 0 Å². The van der Waals surface area contributed by atoms with Gasteiger partial charge in [-0.05, 0) is 57.3 Å². The number of imidazole rings is 1. The van der Waals surface area contributed by atoms with E-state index in [0.29, 0.717) is 55.3 Å². The molecule has 6 rings (SSSR count). The number of nitrogen functional groups attached to an aromatic ring is 1. The molecule has 2 saturated carbocycles. The van der Waals surface area contributed by atoms with Crippen LogP contribution in [0.3, 0.4) is 0 Å². The lowest BCUT2D eigenvalue weighted by Crippen LogP contribution is -2.43. The number of amides is 2. The van der Waals surface area contributed by atoms with Crippen molar-refractivity contribution in [2.45, 2.75) is 101 Å². The van der Waals surface area contributed by atoms with Gasteiger partial charge in [-0.1, -0.05) is 0 Å². The van der Waals surface area contributed by atoms with Crippen LogP contribution >= 0.6 is 0 Å². The second-order valence-corrected chi connectivity index (χ2v) is 11.6. The number of aromatic nitrogens is 4. The van der Waals surface area contributed by atoms with E-state index >= 15 is 0 Å². The Morgan fingerprint density at radius 2 is 1.90 bits per heavy atom. The first kappa shape index (κ1) is 27.8. The fourth-order valence-electron chi connectivity index (χ4n) is 5.96. The number of likely N-dealkylation sites (tertiary alicyclic amines) is 1. The summed E-state index contributed by atoms with van der Waals surface area (Å²) < 4.78 is 12.7. The van der Waals surface area contributed by atoms with Gasteiger partial charge in [0, 0.05) is 32.0 Å². The lowest BCUT2D eigenvalue weighted by molar-refractivity contribution is -0.137. The minimum Gasteiger partial charge on any atom is -0.438 e. The number of Topliss-reactive ketones (excluding diaryl/α,β-unsaturated/α-hetero) is 1. The molecule has 5 N–H and O–H groups in total. The quantitative estimate of drug-likeness (QED) is 0.346. The molecule has 5 atom stereocenters. The minimum absolute atomic E-state index is 0.0160. The molecule has 0 aromatic carbocycles. The van der Waals surface area contributed by atoms with E-state index in [9.17, 15) is 24.6 Å². The maximum Gasteiger partial charge on any atom is 0.410 e. The second-order valence-electron chi connectivity index (χ2n) is 11.6. The number of piperidine rings is 1. The first-order chi connectivity index (χ1) is 19.8. The van der Waals surface area contributed by atoms with Crippen molar-refractivity contribution >= 4 is 34.8 Å². The zero-order chi connectivity index (χ0) is 28.7. The zero-order valence-electron chi connectivity index (χ0n) is 22.9. The highest BCUT2D eigenvalue weighted by Gasteiger charge is 2.48. The van der Waals surface area contributed by atoms with Gasteiger partial charge in [-0.2, -0.15) is 0 Å². The average molecular weight is 572 g/mol. The van der Waals surface area contributed by atoms with Crippen molar-refractivity contribution in [1.29, 1.82) is 0 Å². The topological polar surface area (TPSA) is 195 Å². The third-order valence-corrected chi connectivity index (χ3v) is 8.57. The number of fused-ring (bicyclic) bond motifs is 1. The van der Waals surface area contributed by atoms with Crippen LogP contribution < -0.4 is 11.1 Å². The van der Waals surface area contributed by atoms with E-state index in [4.69, 9.17) is 15.2 Å². The molecule has 4 fully saturated rings. The molecule has 14 nitrogen and oxygen atoms in total. The predicted octanol–water partition coefficient (Wildman–Crippen LogP) is 0.599. The summed E-state index contributed by atoms with van der Waals surface area (Å²) in [6.07, 6.45) is 3.14. The van der Waals surface area contributed by atoms with Crippen LogP contribution in [0, 0.1) is 5.92 Å². The van der Waals surface area contributed by atoms with Crippen LogP contribution in [0.4, 0.5) is 10.6 Å². The summed E-state index contributed by atoms with van der Waals surface area (Å²) in [4.78, 5) is 51.7. The maximum atomic E-state index is 12.5. The van der Waals surface area contributed by atoms with Crippen molar-refractivity contribution in [2.75, 3.05) is 18.8 Å². The first-order valence-electron chi connectivity index (χ1n) is 14.6. The van der Waals surface area contributed by atoms with Gasteiger partial charge in [0.25, 0.3) is 5.91 Å². The average Bonchev–Trinajstić information content (AvgIpc) is 3.39. The number of carbonyl (C=O) groups excluding carboxylic acids is 3. The van der Waals surface area contributed by atoms with E-state index in [2.05, 4.69) is 20.3 Å². The second kappa shape index (κ2) is 11.5. The van der Waals surface area contributed by atoms with Crippen LogP contribution in [0.15, 0.2) is 6.33 Å². The number of anilines is 1. The Kier molecular flexibility index (Phi) is 7.79. The first-order valence-corrected chi connectivity index (χ1v) is 14.6. The van der Waals surface area contributed by atoms with E-state index < -0.39 is 42.6 Å². The van der Waals surface area contributed by atoms with Gasteiger partial charge < -0.3 is 35.6 Å². The highest BCUT2D eigenvalue weighted by molar-refractivity contribution is 5.87. The summed E-state index contributed by atoms with van der Waals surface area (Å²) in [6.45, 7) is 1.21. The Morgan fingerprint density at radius 1 is 1.12 bits per heavy atom. The Bertz CT molecular complexity index is 1310. The van der Waals surface area contributed by atoms with Gasteiger partial charge in [0.2, 0.25) is 0 Å². The van der Waals surface area contributed by atoms with Gasteiger partial charge in [0.1, 0.15) is 23.5 Å². The smallest absolute Gasteiger partial charge is 0.410 e. The molecule has 222 valence electrons. The molecule has 4 aliphatic rings. The number of hydrogen-bond donors (Lipinski definition) is 4. The van der Waals surface area contributed by atoms with E-state index in [1.165, 1.54) is 10.9 Å². The number of aliphatic hydroxyl groups excluding tert-OH is 2. The van der Waals surface area contributed by atoms with Crippen LogP contribution in [0.5, 0.6) is 0 Å². The summed E-state index contributed by atoms with van der Waals surface area (Å²) in [5, 5.41) is 24.0. The van der Waals surface area contributed by atoms with Gasteiger partial charge in [-0.3, -0.25) is 14.2 Å². The highest BCUT2D eigenvalue weighted by atomic mass is 16.6. The molecule has 0 bridgehead atoms. The van der Waals surface area contributed by atoms with Crippen LogP contribution in [-0.4, -0.2) is 96.0 Å². The number of rotatable bonds is 8. The zero-order valence-corrected chi connectivity index (χ0v) is 22.9. The number of carbonyl (C=O) groups is 3. The summed E-state index contributed by atoms with van der Waals surface area (Å²) in [5.74, 6) is 0.734. The van der Waals surface area contributed by atoms with Gasteiger partial charge in [-0.25, -0.2) is 19.7 Å². The number of ether oxygens (including phenoxy) is 2. The predicted molar refractivity (Wildman–Crippen MR) is 143 cm³/mol. The number of aliphatic hydroxyl groups is 2. The summed E-state index contributed by atoms with van der Waals surface area (Å²) in [6, 6.07) is 0.0937.